The lowest BCUT2D eigenvalue weighted by atomic mass is 10.2. The molecule has 6 nitrogen and oxygen atoms in total. The van der Waals surface area contributed by atoms with E-state index in [1.807, 2.05) is 6.92 Å². The van der Waals surface area contributed by atoms with Gasteiger partial charge in [-0.2, -0.15) is 5.10 Å². The minimum atomic E-state index is -0.918. The molecule has 2 amide bonds. The molecule has 3 aromatic rings. The highest BCUT2D eigenvalue weighted by molar-refractivity contribution is 6.40. The molecule has 0 heterocycles. The number of carbonyl (C=O) groups is 2. The maximum Gasteiger partial charge on any atom is 0.329 e. The average Bonchev–Trinajstić information content (AvgIpc) is 2.76. The largest absolute Gasteiger partial charge is 0.489 e. The van der Waals surface area contributed by atoms with Crippen LogP contribution in [-0.4, -0.2) is 18.0 Å². The first-order valence-electron chi connectivity index (χ1n) is 9.40. The monoisotopic (exact) mass is 489 g/mol. The Labute approximate surface area is 200 Å². The van der Waals surface area contributed by atoms with Crippen molar-refractivity contribution in [2.45, 2.75) is 13.5 Å². The van der Waals surface area contributed by atoms with E-state index in [0.29, 0.717) is 37.6 Å². The number of nitrogens with one attached hydrogen (secondary N) is 2. The van der Waals surface area contributed by atoms with Gasteiger partial charge in [-0.15, -0.1) is 0 Å². The van der Waals surface area contributed by atoms with E-state index in [2.05, 4.69) is 15.8 Å². The molecule has 0 radical (unpaired) electrons. The van der Waals surface area contributed by atoms with Crippen molar-refractivity contribution in [1.29, 1.82) is 0 Å². The fourth-order valence-electron chi connectivity index (χ4n) is 2.59. The number of benzene rings is 3. The third kappa shape index (κ3) is 6.47. The molecule has 0 aromatic heterocycles. The number of amides is 2. The molecule has 0 aliphatic heterocycles. The summed E-state index contributed by atoms with van der Waals surface area (Å²) < 4.78 is 5.75. The number of aryl methyl sites for hydroxylation is 1. The summed E-state index contributed by atoms with van der Waals surface area (Å²) >= 11 is 18.3. The number of rotatable bonds is 6. The van der Waals surface area contributed by atoms with Crippen LogP contribution >= 0.6 is 34.8 Å². The lowest BCUT2D eigenvalue weighted by molar-refractivity contribution is -0.136. The van der Waals surface area contributed by atoms with Crippen LogP contribution in [0, 0.1) is 6.92 Å². The molecule has 0 aliphatic rings. The van der Waals surface area contributed by atoms with Crippen LogP contribution in [0.1, 0.15) is 16.7 Å². The second-order valence-electron chi connectivity index (χ2n) is 6.68. The molecule has 9 heteroatoms. The van der Waals surface area contributed by atoms with Crippen LogP contribution in [0.5, 0.6) is 5.75 Å². The fraction of sp³-hybridized carbons (Fsp3) is 0.0870. The number of ether oxygens (including phenoxy) is 1. The Hall–Kier alpha value is -3.06. The lowest BCUT2D eigenvalue weighted by Crippen LogP contribution is -2.32. The van der Waals surface area contributed by atoms with Gasteiger partial charge >= 0.3 is 11.8 Å². The molecule has 2 N–H and O–H groups in total. The summed E-state index contributed by atoms with van der Waals surface area (Å²) in [6.45, 7) is 2.03. The fourth-order valence-corrected chi connectivity index (χ4v) is 3.27. The second kappa shape index (κ2) is 11.0. The molecule has 0 saturated heterocycles. The molecule has 0 unspecified atom stereocenters. The van der Waals surface area contributed by atoms with Gasteiger partial charge in [-0.1, -0.05) is 59.1 Å². The van der Waals surface area contributed by atoms with Gasteiger partial charge in [0.05, 0.1) is 6.21 Å². The third-order valence-electron chi connectivity index (χ3n) is 4.32. The van der Waals surface area contributed by atoms with E-state index < -0.39 is 11.8 Å². The first-order valence-corrected chi connectivity index (χ1v) is 10.5. The topological polar surface area (TPSA) is 79.8 Å². The Morgan fingerprint density at radius 3 is 2.38 bits per heavy atom. The maximum absolute atomic E-state index is 12.0. The summed E-state index contributed by atoms with van der Waals surface area (Å²) in [7, 11) is 0. The van der Waals surface area contributed by atoms with Crippen molar-refractivity contribution in [2.24, 2.45) is 5.10 Å². The highest BCUT2D eigenvalue weighted by atomic mass is 35.5. The minimum absolute atomic E-state index is 0.193. The van der Waals surface area contributed by atoms with Crippen molar-refractivity contribution in [3.8, 4) is 5.75 Å². The Morgan fingerprint density at radius 2 is 1.66 bits per heavy atom. The number of hydrogen-bond acceptors (Lipinski definition) is 4. The van der Waals surface area contributed by atoms with Crippen molar-refractivity contribution in [1.82, 2.24) is 5.43 Å². The van der Waals surface area contributed by atoms with Crippen molar-refractivity contribution < 1.29 is 14.3 Å². The van der Waals surface area contributed by atoms with E-state index in [9.17, 15) is 9.59 Å². The molecular weight excluding hydrogens is 473 g/mol. The number of carbonyl (C=O) groups excluding carboxylic acids is 2. The van der Waals surface area contributed by atoms with Crippen LogP contribution in [0.2, 0.25) is 15.1 Å². The van der Waals surface area contributed by atoms with Crippen molar-refractivity contribution in [3.05, 3.63) is 92.4 Å². The number of hydrogen-bond donors (Lipinski definition) is 2. The predicted molar refractivity (Wildman–Crippen MR) is 128 cm³/mol. The quantitative estimate of drug-likeness (QED) is 0.267. The van der Waals surface area contributed by atoms with E-state index in [4.69, 9.17) is 39.5 Å². The Kier molecular flexibility index (Phi) is 8.11. The van der Waals surface area contributed by atoms with Crippen LogP contribution in [0.4, 0.5) is 5.69 Å². The van der Waals surface area contributed by atoms with Gasteiger partial charge in [0, 0.05) is 26.3 Å². The molecule has 0 spiro atoms. The van der Waals surface area contributed by atoms with Crippen LogP contribution in [-0.2, 0) is 16.2 Å². The number of hydrazone groups is 1. The first kappa shape index (κ1) is 23.6. The zero-order valence-corrected chi connectivity index (χ0v) is 19.1. The van der Waals surface area contributed by atoms with Gasteiger partial charge in [0.15, 0.2) is 0 Å². The molecule has 32 heavy (non-hydrogen) atoms. The predicted octanol–water partition coefficient (Wildman–Crippen LogP) is 5.62. The Bertz CT molecular complexity index is 1160. The zero-order valence-electron chi connectivity index (χ0n) is 16.9. The van der Waals surface area contributed by atoms with E-state index in [-0.39, 0.29) is 6.61 Å². The molecule has 3 rings (SSSR count). The summed E-state index contributed by atoms with van der Waals surface area (Å²) in [5, 5.41) is 7.79. The zero-order chi connectivity index (χ0) is 23.1. The van der Waals surface area contributed by atoms with E-state index in [1.165, 1.54) is 6.21 Å². The van der Waals surface area contributed by atoms with Gasteiger partial charge in [-0.3, -0.25) is 9.59 Å². The van der Waals surface area contributed by atoms with Gasteiger partial charge < -0.3 is 10.1 Å². The maximum atomic E-state index is 12.0. The van der Waals surface area contributed by atoms with Gasteiger partial charge in [0.25, 0.3) is 0 Å². The third-order valence-corrected chi connectivity index (χ3v) is 5.43. The molecule has 0 saturated carbocycles. The molecule has 3 aromatic carbocycles. The molecule has 0 fully saturated rings. The minimum Gasteiger partial charge on any atom is -0.489 e. The Morgan fingerprint density at radius 1 is 0.938 bits per heavy atom. The first-order chi connectivity index (χ1) is 15.3. The summed E-state index contributed by atoms with van der Waals surface area (Å²) in [4.78, 5) is 24.0. The second-order valence-corrected chi connectivity index (χ2v) is 7.90. The van der Waals surface area contributed by atoms with E-state index >= 15 is 0 Å². The standard InChI is InChI=1S/C23H18Cl3N3O3/c1-14-8-9-16(11-21(14)26)28-22(30)23(31)29-27-12-15-4-2-5-17(10-15)32-13-18-19(24)6-3-7-20(18)25/h2-12H,13H2,1H3,(H,28,30)(H,29,31)/b27-12-. The van der Waals surface area contributed by atoms with Crippen LogP contribution < -0.4 is 15.5 Å². The van der Waals surface area contributed by atoms with E-state index in [0.717, 1.165) is 5.56 Å². The SMILES string of the molecule is Cc1ccc(NC(=O)C(=O)N/N=C\c2cccc(OCc3c(Cl)cccc3Cl)c2)cc1Cl. The molecule has 0 aliphatic carbocycles. The summed E-state index contributed by atoms with van der Waals surface area (Å²) in [6, 6.07) is 17.2. The highest BCUT2D eigenvalue weighted by Gasteiger charge is 2.13. The van der Waals surface area contributed by atoms with Crippen molar-refractivity contribution in [2.75, 3.05) is 5.32 Å². The van der Waals surface area contributed by atoms with Crippen molar-refractivity contribution in [3.63, 3.8) is 0 Å². The number of anilines is 1. The molecular formula is C23H18Cl3N3O3. The highest BCUT2D eigenvalue weighted by Crippen LogP contribution is 2.26. The molecule has 0 bridgehead atoms. The normalized spacial score (nSPS) is 10.8. The van der Waals surface area contributed by atoms with E-state index in [1.54, 1.807) is 60.7 Å². The van der Waals surface area contributed by atoms with Crippen molar-refractivity contribution >= 4 is 58.5 Å². The lowest BCUT2D eigenvalue weighted by Gasteiger charge is -2.10. The van der Waals surface area contributed by atoms with Gasteiger partial charge in [-0.05, 0) is 54.4 Å². The van der Waals surface area contributed by atoms with Gasteiger partial charge in [-0.25, -0.2) is 5.43 Å². The van der Waals surface area contributed by atoms with Crippen LogP contribution in [0.15, 0.2) is 65.8 Å². The van der Waals surface area contributed by atoms with Gasteiger partial charge in [0.2, 0.25) is 0 Å². The van der Waals surface area contributed by atoms with Crippen LogP contribution in [0.3, 0.4) is 0 Å². The molecule has 0 atom stereocenters. The van der Waals surface area contributed by atoms with Gasteiger partial charge in [0.1, 0.15) is 12.4 Å². The van der Waals surface area contributed by atoms with Crippen LogP contribution in [0.25, 0.3) is 0 Å². The Balaban J connectivity index is 1.55. The molecule has 164 valence electrons. The summed E-state index contributed by atoms with van der Waals surface area (Å²) in [5.74, 6) is -1.22. The average molecular weight is 491 g/mol. The number of nitrogens with zero attached hydrogens (tertiary/aromatic N) is 1. The summed E-state index contributed by atoms with van der Waals surface area (Å²) in [5.41, 5.74) is 4.79. The summed E-state index contributed by atoms with van der Waals surface area (Å²) in [6.07, 6.45) is 1.39. The smallest absolute Gasteiger partial charge is 0.329 e. The number of halogens is 3.